The summed E-state index contributed by atoms with van der Waals surface area (Å²) >= 11 is 3.43. The number of benzene rings is 1. The fraction of sp³-hybridized carbons (Fsp3) is 0.357. The predicted octanol–water partition coefficient (Wildman–Crippen LogP) is 2.45. The van der Waals surface area contributed by atoms with Crippen molar-refractivity contribution >= 4 is 21.8 Å². The molecule has 0 atom stereocenters. The third-order valence-electron chi connectivity index (χ3n) is 3.12. The van der Waals surface area contributed by atoms with Gasteiger partial charge >= 0.3 is 0 Å². The minimum Gasteiger partial charge on any atom is -0.347 e. The van der Waals surface area contributed by atoms with Gasteiger partial charge < -0.3 is 9.84 Å². The van der Waals surface area contributed by atoms with Gasteiger partial charge in [-0.1, -0.05) is 33.2 Å². The van der Waals surface area contributed by atoms with E-state index in [4.69, 9.17) is 4.52 Å². The molecule has 2 aromatic rings. The van der Waals surface area contributed by atoms with Crippen molar-refractivity contribution in [3.8, 4) is 0 Å². The molecule has 0 aliphatic heterocycles. The lowest BCUT2D eigenvalue weighted by Gasteiger charge is -1.98. The van der Waals surface area contributed by atoms with Crippen LogP contribution in [0.2, 0.25) is 0 Å². The van der Waals surface area contributed by atoms with Gasteiger partial charge in [0, 0.05) is 16.8 Å². The number of aromatic nitrogens is 2. The predicted molar refractivity (Wildman–Crippen MR) is 75.8 cm³/mol. The van der Waals surface area contributed by atoms with E-state index in [-0.39, 0.29) is 11.8 Å². The van der Waals surface area contributed by atoms with Gasteiger partial charge in [-0.2, -0.15) is 4.98 Å². The molecule has 0 spiro atoms. The van der Waals surface area contributed by atoms with Crippen LogP contribution in [0, 0.1) is 5.92 Å². The van der Waals surface area contributed by atoms with Gasteiger partial charge in [0.05, 0.1) is 6.54 Å². The average Bonchev–Trinajstić information content (AvgIpc) is 3.18. The standard InChI is InChI=1S/C14H14BrN3O2/c15-11-3-1-2-9(6-11)7-12-17-13(20-18-12)8-16-14(19)10-4-5-10/h1-3,6,10H,4-5,7-8H2,(H,16,19). The molecule has 0 unspecified atom stereocenters. The fourth-order valence-electron chi connectivity index (χ4n) is 1.92. The minimum atomic E-state index is 0.0803. The Balaban J connectivity index is 1.57. The second kappa shape index (κ2) is 5.75. The Kier molecular flexibility index (Phi) is 3.82. The minimum absolute atomic E-state index is 0.0803. The fourth-order valence-corrected chi connectivity index (χ4v) is 2.36. The number of rotatable bonds is 5. The molecule has 0 saturated heterocycles. The van der Waals surface area contributed by atoms with Gasteiger partial charge in [-0.25, -0.2) is 0 Å². The Labute approximate surface area is 124 Å². The van der Waals surface area contributed by atoms with E-state index < -0.39 is 0 Å². The van der Waals surface area contributed by atoms with Crippen molar-refractivity contribution in [3.05, 3.63) is 46.0 Å². The van der Waals surface area contributed by atoms with Crippen LogP contribution in [-0.4, -0.2) is 16.0 Å². The van der Waals surface area contributed by atoms with Crippen LogP contribution in [0.25, 0.3) is 0 Å². The Morgan fingerprint density at radius 1 is 1.45 bits per heavy atom. The lowest BCUT2D eigenvalue weighted by Crippen LogP contribution is -2.24. The molecule has 0 radical (unpaired) electrons. The molecule has 1 aliphatic rings. The van der Waals surface area contributed by atoms with Gasteiger partial charge in [-0.15, -0.1) is 0 Å². The van der Waals surface area contributed by atoms with Crippen molar-refractivity contribution < 1.29 is 9.32 Å². The molecular formula is C14H14BrN3O2. The highest BCUT2D eigenvalue weighted by Crippen LogP contribution is 2.28. The maximum Gasteiger partial charge on any atom is 0.246 e. The third kappa shape index (κ3) is 3.45. The lowest BCUT2D eigenvalue weighted by atomic mass is 10.1. The first kappa shape index (κ1) is 13.3. The summed E-state index contributed by atoms with van der Waals surface area (Å²) in [5.41, 5.74) is 1.11. The molecule has 5 nitrogen and oxygen atoms in total. The number of hydrogen-bond acceptors (Lipinski definition) is 4. The van der Waals surface area contributed by atoms with Gasteiger partial charge in [0.2, 0.25) is 11.8 Å². The first-order valence-corrected chi connectivity index (χ1v) is 7.33. The average molecular weight is 336 g/mol. The summed E-state index contributed by atoms with van der Waals surface area (Å²) in [5.74, 6) is 1.35. The van der Waals surface area contributed by atoms with E-state index in [2.05, 4.69) is 31.4 Å². The molecule has 1 N–H and O–H groups in total. The zero-order valence-corrected chi connectivity index (χ0v) is 12.4. The number of carbonyl (C=O) groups excluding carboxylic acids is 1. The van der Waals surface area contributed by atoms with E-state index in [0.29, 0.717) is 24.7 Å². The summed E-state index contributed by atoms with van der Waals surface area (Å²) in [7, 11) is 0. The van der Waals surface area contributed by atoms with E-state index in [1.165, 1.54) is 0 Å². The van der Waals surface area contributed by atoms with E-state index in [0.717, 1.165) is 22.9 Å². The number of halogens is 1. The van der Waals surface area contributed by atoms with Gasteiger partial charge in [0.25, 0.3) is 0 Å². The van der Waals surface area contributed by atoms with Crippen LogP contribution in [0.15, 0.2) is 33.3 Å². The Morgan fingerprint density at radius 3 is 3.05 bits per heavy atom. The SMILES string of the molecule is O=C(NCc1nc(Cc2cccc(Br)c2)no1)C1CC1. The summed E-state index contributed by atoms with van der Waals surface area (Å²) in [6.45, 7) is 0.306. The molecule has 1 aromatic heterocycles. The molecule has 1 saturated carbocycles. The zero-order chi connectivity index (χ0) is 13.9. The number of nitrogens with zero attached hydrogens (tertiary/aromatic N) is 2. The molecule has 1 heterocycles. The van der Waals surface area contributed by atoms with Crippen LogP contribution in [0.5, 0.6) is 0 Å². The molecule has 20 heavy (non-hydrogen) atoms. The summed E-state index contributed by atoms with van der Waals surface area (Å²) in [6, 6.07) is 7.97. The first-order chi connectivity index (χ1) is 9.70. The molecule has 1 aromatic carbocycles. The highest BCUT2D eigenvalue weighted by molar-refractivity contribution is 9.10. The molecule has 0 bridgehead atoms. The molecule has 6 heteroatoms. The number of nitrogens with one attached hydrogen (secondary N) is 1. The Hall–Kier alpha value is -1.69. The molecule has 104 valence electrons. The Bertz CT molecular complexity index is 622. The molecular weight excluding hydrogens is 322 g/mol. The maximum absolute atomic E-state index is 11.5. The second-order valence-electron chi connectivity index (χ2n) is 4.90. The van der Waals surface area contributed by atoms with Gasteiger partial charge in [-0.05, 0) is 30.5 Å². The normalized spacial score (nSPS) is 14.2. The Morgan fingerprint density at radius 2 is 2.30 bits per heavy atom. The maximum atomic E-state index is 11.5. The molecule has 1 fully saturated rings. The third-order valence-corrected chi connectivity index (χ3v) is 3.62. The van der Waals surface area contributed by atoms with Gasteiger partial charge in [-0.3, -0.25) is 4.79 Å². The number of carbonyl (C=O) groups is 1. The van der Waals surface area contributed by atoms with E-state index in [9.17, 15) is 4.79 Å². The quantitative estimate of drug-likeness (QED) is 0.911. The highest BCUT2D eigenvalue weighted by atomic mass is 79.9. The lowest BCUT2D eigenvalue weighted by molar-refractivity contribution is -0.122. The topological polar surface area (TPSA) is 68.0 Å². The van der Waals surface area contributed by atoms with E-state index in [1.54, 1.807) is 0 Å². The van der Waals surface area contributed by atoms with Crippen LogP contribution in [-0.2, 0) is 17.8 Å². The zero-order valence-electron chi connectivity index (χ0n) is 10.8. The van der Waals surface area contributed by atoms with Crippen LogP contribution in [0.1, 0.15) is 30.1 Å². The van der Waals surface area contributed by atoms with Gasteiger partial charge in [0.15, 0.2) is 5.82 Å². The molecule has 1 amide bonds. The summed E-state index contributed by atoms with van der Waals surface area (Å²) in [6.07, 6.45) is 2.59. The monoisotopic (exact) mass is 335 g/mol. The van der Waals surface area contributed by atoms with Crippen molar-refractivity contribution in [3.63, 3.8) is 0 Å². The molecule has 3 rings (SSSR count). The van der Waals surface area contributed by atoms with Crippen LogP contribution >= 0.6 is 15.9 Å². The van der Waals surface area contributed by atoms with E-state index >= 15 is 0 Å². The highest BCUT2D eigenvalue weighted by Gasteiger charge is 2.29. The summed E-state index contributed by atoms with van der Waals surface area (Å²) < 4.78 is 6.15. The number of amides is 1. The van der Waals surface area contributed by atoms with Crippen molar-refractivity contribution in [2.45, 2.75) is 25.8 Å². The second-order valence-corrected chi connectivity index (χ2v) is 5.82. The van der Waals surface area contributed by atoms with Crippen LogP contribution in [0.4, 0.5) is 0 Å². The van der Waals surface area contributed by atoms with Crippen molar-refractivity contribution in [1.29, 1.82) is 0 Å². The smallest absolute Gasteiger partial charge is 0.246 e. The van der Waals surface area contributed by atoms with Crippen molar-refractivity contribution in [2.75, 3.05) is 0 Å². The summed E-state index contributed by atoms with van der Waals surface area (Å²) in [5, 5.41) is 6.73. The summed E-state index contributed by atoms with van der Waals surface area (Å²) in [4.78, 5) is 15.8. The van der Waals surface area contributed by atoms with Crippen LogP contribution < -0.4 is 5.32 Å². The van der Waals surface area contributed by atoms with Crippen LogP contribution in [0.3, 0.4) is 0 Å². The van der Waals surface area contributed by atoms with Crippen molar-refractivity contribution in [1.82, 2.24) is 15.5 Å². The molecule has 1 aliphatic carbocycles. The largest absolute Gasteiger partial charge is 0.347 e. The van der Waals surface area contributed by atoms with Gasteiger partial charge in [0.1, 0.15) is 0 Å². The number of hydrogen-bond donors (Lipinski definition) is 1. The first-order valence-electron chi connectivity index (χ1n) is 6.54. The van der Waals surface area contributed by atoms with Crippen molar-refractivity contribution in [2.24, 2.45) is 5.92 Å². The van der Waals surface area contributed by atoms with E-state index in [1.807, 2.05) is 24.3 Å².